The minimum atomic E-state index is -0.753. The van der Waals surface area contributed by atoms with Gasteiger partial charge in [0.15, 0.2) is 0 Å². The lowest BCUT2D eigenvalue weighted by Gasteiger charge is -2.23. The number of unbranched alkanes of at least 4 members (excludes halogenated alkanes) is 1. The fraction of sp³-hybridized carbons (Fsp3) is 0.500. The molecule has 0 radical (unpaired) electrons. The summed E-state index contributed by atoms with van der Waals surface area (Å²) in [5, 5.41) is 10.1. The molecule has 0 spiro atoms. The highest BCUT2D eigenvalue weighted by Crippen LogP contribution is 2.15. The van der Waals surface area contributed by atoms with Gasteiger partial charge in [0.1, 0.15) is 5.82 Å². The van der Waals surface area contributed by atoms with Crippen LogP contribution < -0.4 is 5.73 Å². The highest BCUT2D eigenvalue weighted by molar-refractivity contribution is 5.75. The molecule has 1 rings (SSSR count). The molecule has 1 unspecified atom stereocenters. The van der Waals surface area contributed by atoms with Gasteiger partial charge in [-0.25, -0.2) is 4.39 Å². The molecule has 0 saturated carbocycles. The number of nitrogens with zero attached hydrogens (tertiary/aromatic N) is 1. The van der Waals surface area contributed by atoms with Gasteiger partial charge in [0.05, 0.1) is 12.6 Å². The van der Waals surface area contributed by atoms with Gasteiger partial charge >= 0.3 is 0 Å². The minimum absolute atomic E-state index is 0.123. The van der Waals surface area contributed by atoms with Crippen molar-refractivity contribution in [1.82, 2.24) is 4.90 Å². The predicted molar refractivity (Wildman–Crippen MR) is 71.9 cm³/mol. The number of carbonyl (C=O) groups is 1. The normalized spacial score (nSPS) is 12.6. The summed E-state index contributed by atoms with van der Waals surface area (Å²) in [7, 11) is 0. The van der Waals surface area contributed by atoms with E-state index in [0.29, 0.717) is 18.7 Å². The summed E-state index contributed by atoms with van der Waals surface area (Å²) in [6.07, 6.45) is 1.18. The predicted octanol–water partition coefficient (Wildman–Crippen LogP) is 1.45. The Labute approximate surface area is 113 Å². The lowest BCUT2D eigenvalue weighted by molar-refractivity contribution is -0.119. The number of benzene rings is 1. The molecule has 1 aromatic rings. The molecule has 0 aliphatic rings. The largest absolute Gasteiger partial charge is 0.387 e. The van der Waals surface area contributed by atoms with Crippen molar-refractivity contribution in [3.63, 3.8) is 0 Å². The first-order valence-electron chi connectivity index (χ1n) is 6.47. The third kappa shape index (κ3) is 5.81. The third-order valence-corrected chi connectivity index (χ3v) is 2.89. The summed E-state index contributed by atoms with van der Waals surface area (Å²) in [6.45, 7) is 3.20. The van der Waals surface area contributed by atoms with Crippen molar-refractivity contribution in [3.05, 3.63) is 35.6 Å². The molecular formula is C14H21FN2O2. The van der Waals surface area contributed by atoms with Gasteiger partial charge in [0.25, 0.3) is 0 Å². The molecule has 19 heavy (non-hydrogen) atoms. The van der Waals surface area contributed by atoms with Crippen molar-refractivity contribution in [2.45, 2.75) is 25.9 Å². The van der Waals surface area contributed by atoms with Crippen molar-refractivity contribution in [2.75, 3.05) is 19.6 Å². The Balaban J connectivity index is 2.60. The topological polar surface area (TPSA) is 66.6 Å². The number of halogens is 1. The Morgan fingerprint density at radius 3 is 2.58 bits per heavy atom. The van der Waals surface area contributed by atoms with Crippen LogP contribution in [0, 0.1) is 5.82 Å². The van der Waals surface area contributed by atoms with Crippen LogP contribution >= 0.6 is 0 Å². The second kappa shape index (κ2) is 7.86. The third-order valence-electron chi connectivity index (χ3n) is 2.89. The van der Waals surface area contributed by atoms with E-state index >= 15 is 0 Å². The van der Waals surface area contributed by atoms with Crippen molar-refractivity contribution < 1.29 is 14.3 Å². The first-order chi connectivity index (χ1) is 9.02. The summed E-state index contributed by atoms with van der Waals surface area (Å²) < 4.78 is 12.8. The number of aliphatic hydroxyl groups is 1. The van der Waals surface area contributed by atoms with Gasteiger partial charge in [-0.15, -0.1) is 0 Å². The molecule has 0 aromatic heterocycles. The van der Waals surface area contributed by atoms with Crippen LogP contribution in [0.3, 0.4) is 0 Å². The molecule has 0 bridgehead atoms. The van der Waals surface area contributed by atoms with Crippen molar-refractivity contribution in [2.24, 2.45) is 5.73 Å². The van der Waals surface area contributed by atoms with E-state index < -0.39 is 12.0 Å². The quantitative estimate of drug-likeness (QED) is 0.750. The Morgan fingerprint density at radius 2 is 2.05 bits per heavy atom. The molecule has 0 aliphatic carbocycles. The molecule has 4 nitrogen and oxygen atoms in total. The number of hydrogen-bond acceptors (Lipinski definition) is 3. The van der Waals surface area contributed by atoms with Crippen LogP contribution in [-0.2, 0) is 4.79 Å². The second-order valence-corrected chi connectivity index (χ2v) is 4.62. The molecule has 1 aromatic carbocycles. The molecule has 0 saturated heterocycles. The maximum Gasteiger partial charge on any atom is 0.231 e. The Morgan fingerprint density at radius 1 is 1.42 bits per heavy atom. The van der Waals surface area contributed by atoms with Gasteiger partial charge in [-0.05, 0) is 30.7 Å². The van der Waals surface area contributed by atoms with Crippen LogP contribution in [0.5, 0.6) is 0 Å². The van der Waals surface area contributed by atoms with Crippen LogP contribution in [0.25, 0.3) is 0 Å². The Kier molecular flexibility index (Phi) is 6.45. The van der Waals surface area contributed by atoms with Gasteiger partial charge in [-0.3, -0.25) is 9.69 Å². The van der Waals surface area contributed by atoms with E-state index in [0.717, 1.165) is 12.8 Å². The second-order valence-electron chi connectivity index (χ2n) is 4.62. The lowest BCUT2D eigenvalue weighted by atomic mass is 10.1. The van der Waals surface area contributed by atoms with Gasteiger partial charge < -0.3 is 10.8 Å². The lowest BCUT2D eigenvalue weighted by Crippen LogP contribution is -2.37. The molecule has 1 amide bonds. The molecule has 3 N–H and O–H groups in total. The number of carbonyl (C=O) groups excluding carboxylic acids is 1. The van der Waals surface area contributed by atoms with Gasteiger partial charge in [-0.1, -0.05) is 25.5 Å². The number of rotatable bonds is 8. The molecule has 1 atom stereocenters. The summed E-state index contributed by atoms with van der Waals surface area (Å²) in [6, 6.07) is 5.70. The smallest absolute Gasteiger partial charge is 0.231 e. The molecule has 106 valence electrons. The zero-order valence-electron chi connectivity index (χ0n) is 11.2. The van der Waals surface area contributed by atoms with Crippen LogP contribution in [0.1, 0.15) is 31.4 Å². The summed E-state index contributed by atoms with van der Waals surface area (Å²) in [5.74, 6) is -0.752. The maximum absolute atomic E-state index is 12.8. The van der Waals surface area contributed by atoms with Crippen molar-refractivity contribution in [1.29, 1.82) is 0 Å². The fourth-order valence-electron chi connectivity index (χ4n) is 1.87. The van der Waals surface area contributed by atoms with E-state index in [1.165, 1.54) is 12.1 Å². The Hall–Kier alpha value is -1.46. The van der Waals surface area contributed by atoms with Crippen LogP contribution in [0.15, 0.2) is 24.3 Å². The Bertz CT molecular complexity index is 395. The summed E-state index contributed by atoms with van der Waals surface area (Å²) in [4.78, 5) is 12.8. The molecule has 0 aliphatic heterocycles. The van der Waals surface area contributed by atoms with E-state index in [4.69, 9.17) is 5.73 Å². The fourth-order valence-corrected chi connectivity index (χ4v) is 1.87. The molecule has 0 fully saturated rings. The standard InChI is InChI=1S/C14H21FN2O2/c1-2-3-8-17(10-14(16)19)9-13(18)11-4-6-12(15)7-5-11/h4-7,13,18H,2-3,8-10H2,1H3,(H2,16,19). The number of amides is 1. The number of nitrogens with two attached hydrogens (primary N) is 1. The number of primary amides is 1. The first kappa shape index (κ1) is 15.6. The van der Waals surface area contributed by atoms with Crippen molar-refractivity contribution in [3.8, 4) is 0 Å². The molecular weight excluding hydrogens is 247 g/mol. The maximum atomic E-state index is 12.8. The SMILES string of the molecule is CCCCN(CC(N)=O)CC(O)c1ccc(F)cc1. The highest BCUT2D eigenvalue weighted by Gasteiger charge is 2.15. The van der Waals surface area contributed by atoms with Crippen molar-refractivity contribution >= 4 is 5.91 Å². The van der Waals surface area contributed by atoms with Gasteiger partial charge in [0, 0.05) is 6.54 Å². The van der Waals surface area contributed by atoms with E-state index in [2.05, 4.69) is 6.92 Å². The summed E-state index contributed by atoms with van der Waals surface area (Å²) in [5.41, 5.74) is 5.82. The highest BCUT2D eigenvalue weighted by atomic mass is 19.1. The van der Waals surface area contributed by atoms with E-state index in [-0.39, 0.29) is 12.4 Å². The zero-order chi connectivity index (χ0) is 14.3. The van der Waals surface area contributed by atoms with Crippen LogP contribution in [0.2, 0.25) is 0 Å². The van der Waals surface area contributed by atoms with E-state index in [9.17, 15) is 14.3 Å². The minimum Gasteiger partial charge on any atom is -0.387 e. The molecule has 0 heterocycles. The van der Waals surface area contributed by atoms with E-state index in [1.54, 1.807) is 12.1 Å². The first-order valence-corrected chi connectivity index (χ1v) is 6.47. The average Bonchev–Trinajstić information content (AvgIpc) is 2.36. The molecule has 5 heteroatoms. The zero-order valence-corrected chi connectivity index (χ0v) is 11.2. The monoisotopic (exact) mass is 268 g/mol. The number of aliphatic hydroxyl groups excluding tert-OH is 1. The number of hydrogen-bond donors (Lipinski definition) is 2. The van der Waals surface area contributed by atoms with Gasteiger partial charge in [-0.2, -0.15) is 0 Å². The average molecular weight is 268 g/mol. The van der Waals surface area contributed by atoms with Gasteiger partial charge in [0.2, 0.25) is 5.91 Å². The van der Waals surface area contributed by atoms with Crippen LogP contribution in [-0.4, -0.2) is 35.5 Å². The van der Waals surface area contributed by atoms with E-state index in [1.807, 2.05) is 4.90 Å². The van der Waals surface area contributed by atoms with Crippen LogP contribution in [0.4, 0.5) is 4.39 Å². The summed E-state index contributed by atoms with van der Waals surface area (Å²) >= 11 is 0.